The first kappa shape index (κ1) is 18.3. The number of nitrogens with two attached hydrogens (primary N) is 1. The smallest absolute Gasteiger partial charge is 0.402 e. The van der Waals surface area contributed by atoms with Crippen molar-refractivity contribution in [3.05, 3.63) is 47.2 Å². The molecule has 2 nitrogen and oxygen atoms in total. The first-order valence-electron chi connectivity index (χ1n) is 7.52. The number of benzene rings is 1. The van der Waals surface area contributed by atoms with Gasteiger partial charge in [-0.2, -0.15) is 13.2 Å². The second-order valence-electron chi connectivity index (χ2n) is 5.09. The first-order valence-corrected chi connectivity index (χ1v) is 7.52. The number of carbonyl (C=O) groups excluding carboxylic acids is 1. The van der Waals surface area contributed by atoms with Crippen molar-refractivity contribution in [2.24, 2.45) is 11.7 Å². The van der Waals surface area contributed by atoms with Crippen molar-refractivity contribution in [2.45, 2.75) is 45.7 Å². The van der Waals surface area contributed by atoms with Crippen molar-refractivity contribution in [1.29, 1.82) is 0 Å². The standard InChI is InChI=1S/C15H16F3NO.C2H6/c16-15(17,18)12-6-2-10(3-7-12)1-4-11-5-8-13(19)9-14(11)20;1-2/h2-3,6-7,9,11H,1,4-5,8,19H2;1-2H3. The fourth-order valence-electron chi connectivity index (χ4n) is 2.34. The lowest BCUT2D eigenvalue weighted by molar-refractivity contribution is -0.137. The first-order chi connectivity index (χ1) is 10.4. The quantitative estimate of drug-likeness (QED) is 0.893. The number of rotatable bonds is 3. The van der Waals surface area contributed by atoms with Crippen LogP contribution in [0.4, 0.5) is 13.2 Å². The minimum atomic E-state index is -4.31. The third kappa shape index (κ3) is 5.20. The van der Waals surface area contributed by atoms with Gasteiger partial charge in [-0.15, -0.1) is 0 Å². The lowest BCUT2D eigenvalue weighted by Gasteiger charge is -2.18. The molecule has 2 rings (SSSR count). The topological polar surface area (TPSA) is 43.1 Å². The van der Waals surface area contributed by atoms with E-state index in [1.807, 2.05) is 13.8 Å². The fraction of sp³-hybridized carbons (Fsp3) is 0.471. The molecule has 0 amide bonds. The third-order valence-corrected chi connectivity index (χ3v) is 3.57. The fourth-order valence-corrected chi connectivity index (χ4v) is 2.34. The zero-order valence-electron chi connectivity index (χ0n) is 12.9. The molecule has 0 radical (unpaired) electrons. The van der Waals surface area contributed by atoms with Crippen molar-refractivity contribution in [2.75, 3.05) is 0 Å². The average Bonchev–Trinajstić information content (AvgIpc) is 2.48. The van der Waals surface area contributed by atoms with Gasteiger partial charge in [-0.1, -0.05) is 26.0 Å². The summed E-state index contributed by atoms with van der Waals surface area (Å²) in [5, 5.41) is 0. The number of carbonyl (C=O) groups is 1. The Morgan fingerprint density at radius 3 is 2.27 bits per heavy atom. The van der Waals surface area contributed by atoms with Crippen LogP contribution in [0.1, 0.15) is 44.2 Å². The number of halogens is 3. The highest BCUT2D eigenvalue weighted by Gasteiger charge is 2.30. The third-order valence-electron chi connectivity index (χ3n) is 3.57. The molecule has 122 valence electrons. The molecule has 0 heterocycles. The van der Waals surface area contributed by atoms with Crippen molar-refractivity contribution >= 4 is 5.78 Å². The van der Waals surface area contributed by atoms with Gasteiger partial charge in [0.05, 0.1) is 5.56 Å². The maximum Gasteiger partial charge on any atom is 0.416 e. The van der Waals surface area contributed by atoms with Crippen LogP contribution in [0.2, 0.25) is 0 Å². The van der Waals surface area contributed by atoms with Crippen LogP contribution >= 0.6 is 0 Å². The molecule has 0 saturated carbocycles. The van der Waals surface area contributed by atoms with E-state index in [1.54, 1.807) is 0 Å². The largest absolute Gasteiger partial charge is 0.416 e. The van der Waals surface area contributed by atoms with Crippen LogP contribution in [-0.2, 0) is 17.4 Å². The number of ketones is 1. The molecule has 0 saturated heterocycles. The van der Waals surface area contributed by atoms with Gasteiger partial charge < -0.3 is 5.73 Å². The predicted molar refractivity (Wildman–Crippen MR) is 81.1 cm³/mol. The molecule has 2 N–H and O–H groups in total. The average molecular weight is 313 g/mol. The Kier molecular flexibility index (Phi) is 6.65. The number of alkyl halides is 3. The van der Waals surface area contributed by atoms with E-state index in [4.69, 9.17) is 5.73 Å². The van der Waals surface area contributed by atoms with Crippen LogP contribution in [-0.4, -0.2) is 5.78 Å². The lowest BCUT2D eigenvalue weighted by Crippen LogP contribution is -2.20. The van der Waals surface area contributed by atoms with Crippen molar-refractivity contribution in [3.8, 4) is 0 Å². The van der Waals surface area contributed by atoms with Gasteiger partial charge in [0.1, 0.15) is 0 Å². The molecule has 0 spiro atoms. The summed E-state index contributed by atoms with van der Waals surface area (Å²) in [5.41, 5.74) is 6.36. The van der Waals surface area contributed by atoms with Gasteiger partial charge in [0.15, 0.2) is 5.78 Å². The molecule has 0 fully saturated rings. The summed E-state index contributed by atoms with van der Waals surface area (Å²) in [7, 11) is 0. The minimum Gasteiger partial charge on any atom is -0.402 e. The second kappa shape index (κ2) is 8.01. The van der Waals surface area contributed by atoms with E-state index in [0.717, 1.165) is 24.1 Å². The van der Waals surface area contributed by atoms with E-state index in [0.29, 0.717) is 25.0 Å². The molecule has 1 aromatic rings. The lowest BCUT2D eigenvalue weighted by atomic mass is 9.86. The van der Waals surface area contributed by atoms with Gasteiger partial charge in [0, 0.05) is 17.7 Å². The Morgan fingerprint density at radius 2 is 1.77 bits per heavy atom. The van der Waals surface area contributed by atoms with Gasteiger partial charge in [0.25, 0.3) is 0 Å². The van der Waals surface area contributed by atoms with Crippen LogP contribution < -0.4 is 5.73 Å². The van der Waals surface area contributed by atoms with E-state index in [-0.39, 0.29) is 11.7 Å². The summed E-state index contributed by atoms with van der Waals surface area (Å²) in [6.07, 6.45) is -0.150. The van der Waals surface area contributed by atoms with Crippen molar-refractivity contribution in [1.82, 2.24) is 0 Å². The Balaban J connectivity index is 0.00000116. The second-order valence-corrected chi connectivity index (χ2v) is 5.09. The molecule has 1 aromatic carbocycles. The van der Waals surface area contributed by atoms with Crippen molar-refractivity contribution < 1.29 is 18.0 Å². The monoisotopic (exact) mass is 313 g/mol. The van der Waals surface area contributed by atoms with Gasteiger partial charge in [-0.3, -0.25) is 4.79 Å². The minimum absolute atomic E-state index is 0.0284. The van der Waals surface area contributed by atoms with Crippen LogP contribution in [0.3, 0.4) is 0 Å². The Bertz CT molecular complexity index is 518. The molecule has 1 unspecified atom stereocenters. The maximum atomic E-state index is 12.4. The maximum absolute atomic E-state index is 12.4. The Hall–Kier alpha value is -1.78. The number of aryl methyl sites for hydroxylation is 1. The molecular formula is C17H22F3NO. The van der Waals surface area contributed by atoms with E-state index < -0.39 is 11.7 Å². The highest BCUT2D eigenvalue weighted by Crippen LogP contribution is 2.29. The van der Waals surface area contributed by atoms with Gasteiger partial charge in [-0.25, -0.2) is 0 Å². The van der Waals surface area contributed by atoms with Crippen LogP contribution in [0.5, 0.6) is 0 Å². The predicted octanol–water partition coefficient (Wildman–Crippen LogP) is 4.49. The summed E-state index contributed by atoms with van der Waals surface area (Å²) in [5.74, 6) is -0.0368. The van der Waals surface area contributed by atoms with Gasteiger partial charge in [-0.05, 0) is 43.4 Å². The summed E-state index contributed by atoms with van der Waals surface area (Å²) in [6.45, 7) is 4.00. The summed E-state index contributed by atoms with van der Waals surface area (Å²) >= 11 is 0. The molecular weight excluding hydrogens is 291 g/mol. The van der Waals surface area contributed by atoms with Crippen molar-refractivity contribution in [3.63, 3.8) is 0 Å². The Labute approximate surface area is 129 Å². The normalized spacial score (nSPS) is 18.3. The van der Waals surface area contributed by atoms with E-state index in [9.17, 15) is 18.0 Å². The summed E-state index contributed by atoms with van der Waals surface area (Å²) in [6, 6.07) is 5.10. The number of hydrogen-bond acceptors (Lipinski definition) is 2. The SMILES string of the molecule is CC.NC1=CC(=O)C(CCc2ccc(C(F)(F)F)cc2)CC1. The highest BCUT2D eigenvalue weighted by atomic mass is 19.4. The Morgan fingerprint density at radius 1 is 1.18 bits per heavy atom. The number of allylic oxidation sites excluding steroid dienone is 2. The van der Waals surface area contributed by atoms with E-state index in [1.165, 1.54) is 18.2 Å². The molecule has 1 atom stereocenters. The molecule has 5 heteroatoms. The number of hydrogen-bond donors (Lipinski definition) is 1. The molecule has 0 aliphatic heterocycles. The molecule has 22 heavy (non-hydrogen) atoms. The molecule has 1 aliphatic carbocycles. The highest BCUT2D eigenvalue weighted by molar-refractivity contribution is 5.93. The van der Waals surface area contributed by atoms with Crippen LogP contribution in [0.25, 0.3) is 0 Å². The van der Waals surface area contributed by atoms with Gasteiger partial charge in [0.2, 0.25) is 0 Å². The molecule has 0 aromatic heterocycles. The molecule has 1 aliphatic rings. The summed E-state index contributed by atoms with van der Waals surface area (Å²) < 4.78 is 37.3. The molecule has 0 bridgehead atoms. The van der Waals surface area contributed by atoms with E-state index in [2.05, 4.69) is 0 Å². The zero-order valence-corrected chi connectivity index (χ0v) is 12.9. The van der Waals surface area contributed by atoms with Gasteiger partial charge >= 0.3 is 6.18 Å². The summed E-state index contributed by atoms with van der Waals surface area (Å²) in [4.78, 5) is 11.7. The van der Waals surface area contributed by atoms with E-state index >= 15 is 0 Å². The van der Waals surface area contributed by atoms with Crippen LogP contribution in [0, 0.1) is 5.92 Å². The van der Waals surface area contributed by atoms with Crippen LogP contribution in [0.15, 0.2) is 36.0 Å². The zero-order chi connectivity index (χ0) is 16.8.